The molecule has 6 heteroatoms. The quantitative estimate of drug-likeness (QED) is 0.638. The maximum absolute atomic E-state index is 12.1. The highest BCUT2D eigenvalue weighted by Gasteiger charge is 2.10. The summed E-state index contributed by atoms with van der Waals surface area (Å²) in [6.45, 7) is 8.46. The first-order chi connectivity index (χ1) is 10.4. The van der Waals surface area contributed by atoms with Crippen LogP contribution < -0.4 is 5.32 Å². The van der Waals surface area contributed by atoms with Gasteiger partial charge in [-0.3, -0.25) is 4.79 Å². The largest absolute Gasteiger partial charge is 0.300 e. The van der Waals surface area contributed by atoms with Crippen molar-refractivity contribution < 1.29 is 4.79 Å². The minimum absolute atomic E-state index is 0.0557. The number of aromatic nitrogens is 2. The van der Waals surface area contributed by atoms with Crippen molar-refractivity contribution in [2.75, 3.05) is 11.1 Å². The van der Waals surface area contributed by atoms with E-state index in [2.05, 4.69) is 49.3 Å². The van der Waals surface area contributed by atoms with Crippen LogP contribution in [-0.2, 0) is 11.2 Å². The molecule has 1 aromatic heterocycles. The van der Waals surface area contributed by atoms with Crippen molar-refractivity contribution in [1.82, 2.24) is 10.2 Å². The average molecular weight is 335 g/mol. The van der Waals surface area contributed by atoms with Gasteiger partial charge in [-0.2, -0.15) is 0 Å². The molecule has 0 aliphatic carbocycles. The van der Waals surface area contributed by atoms with E-state index in [4.69, 9.17) is 0 Å². The van der Waals surface area contributed by atoms with Gasteiger partial charge < -0.3 is 5.32 Å². The van der Waals surface area contributed by atoms with Crippen molar-refractivity contribution in [3.8, 4) is 0 Å². The summed E-state index contributed by atoms with van der Waals surface area (Å²) in [7, 11) is 0. The first-order valence-corrected chi connectivity index (χ1v) is 9.06. The first-order valence-electron chi connectivity index (χ1n) is 7.26. The van der Waals surface area contributed by atoms with Crippen molar-refractivity contribution in [3.63, 3.8) is 0 Å². The summed E-state index contributed by atoms with van der Waals surface area (Å²) in [6.07, 6.45) is 0.356. The lowest BCUT2D eigenvalue weighted by Crippen LogP contribution is -2.14. The number of aryl methyl sites for hydroxylation is 2. The van der Waals surface area contributed by atoms with Gasteiger partial charge in [-0.25, -0.2) is 0 Å². The molecule has 0 aliphatic rings. The van der Waals surface area contributed by atoms with Crippen molar-refractivity contribution >= 4 is 34.1 Å². The molecule has 0 atom stereocenters. The highest BCUT2D eigenvalue weighted by molar-refractivity contribution is 8.01. The SMILES string of the molecule is Cc1ccc(CC(=O)Nc2nnc(SCC(C)C)s2)cc1C. The minimum Gasteiger partial charge on any atom is -0.300 e. The summed E-state index contributed by atoms with van der Waals surface area (Å²) in [6, 6.07) is 6.09. The Morgan fingerprint density at radius 3 is 2.73 bits per heavy atom. The van der Waals surface area contributed by atoms with E-state index in [1.54, 1.807) is 11.8 Å². The van der Waals surface area contributed by atoms with Crippen LogP contribution in [0, 0.1) is 19.8 Å². The molecule has 0 fully saturated rings. The molecule has 1 aromatic carbocycles. The van der Waals surface area contributed by atoms with E-state index >= 15 is 0 Å². The number of anilines is 1. The van der Waals surface area contributed by atoms with Crippen LogP contribution in [0.15, 0.2) is 22.5 Å². The molecule has 22 heavy (non-hydrogen) atoms. The van der Waals surface area contributed by atoms with Gasteiger partial charge in [-0.1, -0.05) is 55.1 Å². The molecule has 0 spiro atoms. The second kappa shape index (κ2) is 7.74. The van der Waals surface area contributed by atoms with E-state index in [0.29, 0.717) is 17.5 Å². The Kier molecular flexibility index (Phi) is 5.97. The Balaban J connectivity index is 1.90. The monoisotopic (exact) mass is 335 g/mol. The van der Waals surface area contributed by atoms with Gasteiger partial charge in [0, 0.05) is 5.75 Å². The summed E-state index contributed by atoms with van der Waals surface area (Å²) in [5.74, 6) is 1.56. The van der Waals surface area contributed by atoms with E-state index in [9.17, 15) is 4.79 Å². The molecule has 4 nitrogen and oxygen atoms in total. The van der Waals surface area contributed by atoms with E-state index in [-0.39, 0.29) is 5.91 Å². The number of amides is 1. The highest BCUT2D eigenvalue weighted by Crippen LogP contribution is 2.27. The molecule has 1 N–H and O–H groups in total. The molecule has 0 radical (unpaired) electrons. The third kappa shape index (κ3) is 5.10. The van der Waals surface area contributed by atoms with Crippen LogP contribution in [0.4, 0.5) is 5.13 Å². The lowest BCUT2D eigenvalue weighted by atomic mass is 10.0. The molecule has 118 valence electrons. The molecule has 2 aromatic rings. The molecule has 0 saturated heterocycles. The maximum atomic E-state index is 12.1. The Morgan fingerprint density at radius 1 is 1.27 bits per heavy atom. The van der Waals surface area contributed by atoms with E-state index < -0.39 is 0 Å². The number of nitrogens with one attached hydrogen (secondary N) is 1. The first kappa shape index (κ1) is 17.0. The van der Waals surface area contributed by atoms with Gasteiger partial charge in [-0.15, -0.1) is 10.2 Å². The molecular weight excluding hydrogens is 314 g/mol. The third-order valence-corrected chi connectivity index (χ3v) is 5.53. The summed E-state index contributed by atoms with van der Waals surface area (Å²) in [5, 5.41) is 11.5. The van der Waals surface area contributed by atoms with Gasteiger partial charge in [0.15, 0.2) is 4.34 Å². The molecule has 1 amide bonds. The number of benzene rings is 1. The van der Waals surface area contributed by atoms with Crippen LogP contribution in [-0.4, -0.2) is 21.9 Å². The molecule has 2 rings (SSSR count). The zero-order valence-electron chi connectivity index (χ0n) is 13.3. The second-order valence-corrected chi connectivity index (χ2v) is 7.97. The van der Waals surface area contributed by atoms with Crippen LogP contribution in [0.1, 0.15) is 30.5 Å². The molecule has 0 unspecified atom stereocenters. The number of carbonyl (C=O) groups is 1. The maximum Gasteiger partial charge on any atom is 0.230 e. The Bertz CT molecular complexity index is 653. The number of nitrogens with zero attached hydrogens (tertiary/aromatic N) is 2. The lowest BCUT2D eigenvalue weighted by Gasteiger charge is -2.05. The van der Waals surface area contributed by atoms with Crippen LogP contribution in [0.3, 0.4) is 0 Å². The number of carbonyl (C=O) groups excluding carboxylic acids is 1. The summed E-state index contributed by atoms with van der Waals surface area (Å²) < 4.78 is 0.898. The van der Waals surface area contributed by atoms with Crippen molar-refractivity contribution in [3.05, 3.63) is 34.9 Å². The van der Waals surface area contributed by atoms with Crippen LogP contribution in [0.2, 0.25) is 0 Å². The van der Waals surface area contributed by atoms with Crippen molar-refractivity contribution in [2.24, 2.45) is 5.92 Å². The zero-order valence-corrected chi connectivity index (χ0v) is 15.0. The van der Waals surface area contributed by atoms with Crippen molar-refractivity contribution in [2.45, 2.75) is 38.5 Å². The van der Waals surface area contributed by atoms with Gasteiger partial charge in [0.1, 0.15) is 0 Å². The van der Waals surface area contributed by atoms with Crippen LogP contribution >= 0.6 is 23.1 Å². The second-order valence-electron chi connectivity index (χ2n) is 5.72. The number of rotatable bonds is 6. The smallest absolute Gasteiger partial charge is 0.230 e. The molecule has 0 saturated carbocycles. The van der Waals surface area contributed by atoms with Gasteiger partial charge in [0.25, 0.3) is 0 Å². The third-order valence-electron chi connectivity index (χ3n) is 3.13. The Morgan fingerprint density at radius 2 is 2.05 bits per heavy atom. The summed E-state index contributed by atoms with van der Waals surface area (Å²) >= 11 is 3.11. The van der Waals surface area contributed by atoms with Gasteiger partial charge in [0.05, 0.1) is 6.42 Å². The molecular formula is C16H21N3OS2. The lowest BCUT2D eigenvalue weighted by molar-refractivity contribution is -0.115. The van der Waals surface area contributed by atoms with Crippen LogP contribution in [0.5, 0.6) is 0 Å². The minimum atomic E-state index is -0.0557. The fraction of sp³-hybridized carbons (Fsp3) is 0.438. The van der Waals surface area contributed by atoms with Gasteiger partial charge >= 0.3 is 0 Å². The fourth-order valence-electron chi connectivity index (χ4n) is 1.82. The molecule has 0 bridgehead atoms. The Hall–Kier alpha value is -1.40. The number of hydrogen-bond donors (Lipinski definition) is 1. The average Bonchev–Trinajstić information content (AvgIpc) is 2.88. The normalized spacial score (nSPS) is 11.0. The van der Waals surface area contributed by atoms with E-state index in [1.807, 2.05) is 12.1 Å². The van der Waals surface area contributed by atoms with E-state index in [1.165, 1.54) is 22.5 Å². The van der Waals surface area contributed by atoms with Gasteiger partial charge in [0.2, 0.25) is 11.0 Å². The molecule has 0 aliphatic heterocycles. The predicted octanol–water partition coefficient (Wildman–Crippen LogP) is 4.08. The fourth-order valence-corrected chi connectivity index (χ4v) is 3.56. The molecule has 1 heterocycles. The summed E-state index contributed by atoms with van der Waals surface area (Å²) in [4.78, 5) is 12.1. The van der Waals surface area contributed by atoms with Gasteiger partial charge in [-0.05, 0) is 36.5 Å². The highest BCUT2D eigenvalue weighted by atomic mass is 32.2. The standard InChI is InChI=1S/C16H21N3OS2/c1-10(2)9-21-16-19-18-15(22-16)17-14(20)8-13-6-5-11(3)12(4)7-13/h5-7,10H,8-9H2,1-4H3,(H,17,18,20). The predicted molar refractivity (Wildman–Crippen MR) is 93.7 cm³/mol. The summed E-state index contributed by atoms with van der Waals surface area (Å²) in [5.41, 5.74) is 3.45. The number of thioether (sulfide) groups is 1. The van der Waals surface area contributed by atoms with E-state index in [0.717, 1.165) is 15.7 Å². The number of hydrogen-bond acceptors (Lipinski definition) is 5. The topological polar surface area (TPSA) is 54.9 Å². The zero-order chi connectivity index (χ0) is 16.1. The Labute approximate surface area is 139 Å². The van der Waals surface area contributed by atoms with Crippen LogP contribution in [0.25, 0.3) is 0 Å². The van der Waals surface area contributed by atoms with Crippen molar-refractivity contribution in [1.29, 1.82) is 0 Å².